The number of hydrogen-bond donors (Lipinski definition) is 1. The maximum atomic E-state index is 5.54. The number of hydrogen-bond acceptors (Lipinski definition) is 3. The van der Waals surface area contributed by atoms with Crippen LogP contribution in [0, 0.1) is 0 Å². The van der Waals surface area contributed by atoms with Crippen molar-refractivity contribution in [3.8, 4) is 0 Å². The maximum absolute atomic E-state index is 5.54. The van der Waals surface area contributed by atoms with E-state index in [1.807, 2.05) is 17.1 Å². The van der Waals surface area contributed by atoms with Crippen molar-refractivity contribution < 1.29 is 4.42 Å². The summed E-state index contributed by atoms with van der Waals surface area (Å²) in [6.07, 6.45) is 9.34. The van der Waals surface area contributed by atoms with E-state index in [-0.39, 0.29) is 0 Å². The van der Waals surface area contributed by atoms with Gasteiger partial charge in [0.2, 0.25) is 0 Å². The third-order valence-electron chi connectivity index (χ3n) is 3.98. The summed E-state index contributed by atoms with van der Waals surface area (Å²) in [7, 11) is 0. The minimum absolute atomic E-state index is 0.311. The SMILES string of the molecule is CCn1cc(C(C)NC2CCCc3occc32)cn1. The number of aryl methyl sites for hydroxylation is 2. The molecule has 2 heterocycles. The van der Waals surface area contributed by atoms with Crippen LogP contribution >= 0.6 is 0 Å². The monoisotopic (exact) mass is 259 g/mol. The molecule has 0 aromatic carbocycles. The Hall–Kier alpha value is -1.55. The summed E-state index contributed by atoms with van der Waals surface area (Å²) in [5, 5.41) is 8.04. The molecular formula is C15H21N3O. The number of nitrogens with one attached hydrogen (secondary N) is 1. The van der Waals surface area contributed by atoms with Crippen molar-refractivity contribution in [2.45, 2.75) is 51.7 Å². The predicted octanol–water partition coefficient (Wildman–Crippen LogP) is 3.22. The molecule has 3 rings (SSSR count). The van der Waals surface area contributed by atoms with Gasteiger partial charge < -0.3 is 9.73 Å². The van der Waals surface area contributed by atoms with Crippen LogP contribution in [0.5, 0.6) is 0 Å². The molecule has 102 valence electrons. The van der Waals surface area contributed by atoms with E-state index in [0.29, 0.717) is 12.1 Å². The maximum Gasteiger partial charge on any atom is 0.108 e. The lowest BCUT2D eigenvalue weighted by Gasteiger charge is -2.26. The summed E-state index contributed by atoms with van der Waals surface area (Å²) >= 11 is 0. The van der Waals surface area contributed by atoms with Crippen LogP contribution in [-0.4, -0.2) is 9.78 Å². The highest BCUT2D eigenvalue weighted by Crippen LogP contribution is 2.32. The van der Waals surface area contributed by atoms with E-state index in [4.69, 9.17) is 4.42 Å². The second kappa shape index (κ2) is 5.21. The summed E-state index contributed by atoms with van der Waals surface area (Å²) in [4.78, 5) is 0. The van der Waals surface area contributed by atoms with Gasteiger partial charge >= 0.3 is 0 Å². The van der Waals surface area contributed by atoms with Crippen LogP contribution in [0.15, 0.2) is 29.1 Å². The van der Waals surface area contributed by atoms with E-state index in [0.717, 1.165) is 18.7 Å². The Morgan fingerprint density at radius 2 is 2.47 bits per heavy atom. The summed E-state index contributed by atoms with van der Waals surface area (Å²) in [5.41, 5.74) is 2.58. The molecule has 0 spiro atoms. The van der Waals surface area contributed by atoms with Crippen LogP contribution in [0.1, 0.15) is 55.7 Å². The van der Waals surface area contributed by atoms with E-state index >= 15 is 0 Å². The number of furan rings is 1. The van der Waals surface area contributed by atoms with Crippen LogP contribution in [0.3, 0.4) is 0 Å². The quantitative estimate of drug-likeness (QED) is 0.916. The number of rotatable bonds is 4. The molecule has 0 radical (unpaired) electrons. The van der Waals surface area contributed by atoms with Crippen molar-refractivity contribution in [1.29, 1.82) is 0 Å². The van der Waals surface area contributed by atoms with Crippen molar-refractivity contribution in [3.05, 3.63) is 41.6 Å². The van der Waals surface area contributed by atoms with Gasteiger partial charge in [0, 0.05) is 42.4 Å². The van der Waals surface area contributed by atoms with Crippen molar-refractivity contribution in [2.24, 2.45) is 0 Å². The van der Waals surface area contributed by atoms with E-state index in [2.05, 4.69) is 36.5 Å². The molecule has 0 saturated heterocycles. The van der Waals surface area contributed by atoms with E-state index in [1.165, 1.54) is 24.0 Å². The molecule has 0 saturated carbocycles. The second-order valence-electron chi connectivity index (χ2n) is 5.26. The first-order valence-corrected chi connectivity index (χ1v) is 7.12. The van der Waals surface area contributed by atoms with Gasteiger partial charge in [0.1, 0.15) is 5.76 Å². The molecule has 0 fully saturated rings. The highest BCUT2D eigenvalue weighted by atomic mass is 16.3. The summed E-state index contributed by atoms with van der Waals surface area (Å²) in [5.74, 6) is 1.15. The number of nitrogens with zero attached hydrogens (tertiary/aromatic N) is 2. The van der Waals surface area contributed by atoms with Crippen LogP contribution in [0.25, 0.3) is 0 Å². The van der Waals surface area contributed by atoms with Crippen molar-refractivity contribution in [1.82, 2.24) is 15.1 Å². The first-order chi connectivity index (χ1) is 9.28. The standard InChI is InChI=1S/C15H21N3O/c1-3-18-10-12(9-16-18)11(2)17-14-5-4-6-15-13(14)7-8-19-15/h7-11,14,17H,3-6H2,1-2H3. The largest absolute Gasteiger partial charge is 0.469 e. The van der Waals surface area contributed by atoms with Crippen LogP contribution in [-0.2, 0) is 13.0 Å². The summed E-state index contributed by atoms with van der Waals surface area (Å²) < 4.78 is 7.51. The first-order valence-electron chi connectivity index (χ1n) is 7.12. The highest BCUT2D eigenvalue weighted by molar-refractivity contribution is 5.25. The predicted molar refractivity (Wildman–Crippen MR) is 73.8 cm³/mol. The molecule has 1 N–H and O–H groups in total. The van der Waals surface area contributed by atoms with Gasteiger partial charge in [-0.05, 0) is 32.8 Å². The molecule has 2 aromatic rings. The van der Waals surface area contributed by atoms with E-state index in [1.54, 1.807) is 0 Å². The second-order valence-corrected chi connectivity index (χ2v) is 5.26. The molecular weight excluding hydrogens is 238 g/mol. The number of aromatic nitrogens is 2. The first kappa shape index (κ1) is 12.5. The highest BCUT2D eigenvalue weighted by Gasteiger charge is 2.24. The van der Waals surface area contributed by atoms with Crippen LogP contribution in [0.2, 0.25) is 0 Å². The lowest BCUT2D eigenvalue weighted by Crippen LogP contribution is -2.27. The van der Waals surface area contributed by atoms with Gasteiger partial charge in [-0.25, -0.2) is 0 Å². The average molecular weight is 259 g/mol. The van der Waals surface area contributed by atoms with E-state index < -0.39 is 0 Å². The van der Waals surface area contributed by atoms with Crippen molar-refractivity contribution in [3.63, 3.8) is 0 Å². The van der Waals surface area contributed by atoms with Gasteiger partial charge in [-0.2, -0.15) is 5.10 Å². The molecule has 1 aliphatic rings. The minimum atomic E-state index is 0.311. The smallest absolute Gasteiger partial charge is 0.108 e. The summed E-state index contributed by atoms with van der Waals surface area (Å²) in [6.45, 7) is 5.22. The van der Waals surface area contributed by atoms with Gasteiger partial charge in [-0.3, -0.25) is 4.68 Å². The fourth-order valence-electron chi connectivity index (χ4n) is 2.83. The molecule has 2 atom stereocenters. The fraction of sp³-hybridized carbons (Fsp3) is 0.533. The Bertz CT molecular complexity index is 543. The molecule has 2 unspecified atom stereocenters. The Balaban J connectivity index is 1.72. The zero-order valence-corrected chi connectivity index (χ0v) is 11.6. The minimum Gasteiger partial charge on any atom is -0.469 e. The molecule has 4 nitrogen and oxygen atoms in total. The van der Waals surface area contributed by atoms with Crippen molar-refractivity contribution >= 4 is 0 Å². The molecule has 4 heteroatoms. The molecule has 0 bridgehead atoms. The fourth-order valence-corrected chi connectivity index (χ4v) is 2.83. The zero-order valence-electron chi connectivity index (χ0n) is 11.6. The molecule has 19 heavy (non-hydrogen) atoms. The van der Waals surface area contributed by atoms with E-state index in [9.17, 15) is 0 Å². The molecule has 0 amide bonds. The third kappa shape index (κ3) is 2.45. The molecule has 2 aromatic heterocycles. The normalized spacial score (nSPS) is 20.2. The average Bonchev–Trinajstić information content (AvgIpc) is 3.08. The lowest BCUT2D eigenvalue weighted by atomic mass is 9.92. The van der Waals surface area contributed by atoms with Gasteiger partial charge in [-0.1, -0.05) is 0 Å². The topological polar surface area (TPSA) is 43.0 Å². The zero-order chi connectivity index (χ0) is 13.2. The Kier molecular flexibility index (Phi) is 3.42. The van der Waals surface area contributed by atoms with Crippen molar-refractivity contribution in [2.75, 3.05) is 0 Å². The number of fused-ring (bicyclic) bond motifs is 1. The molecule has 1 aliphatic carbocycles. The lowest BCUT2D eigenvalue weighted by molar-refractivity contribution is 0.385. The Morgan fingerprint density at radius 3 is 3.26 bits per heavy atom. The van der Waals surface area contributed by atoms with Gasteiger partial charge in [-0.15, -0.1) is 0 Å². The van der Waals surface area contributed by atoms with Gasteiger partial charge in [0.15, 0.2) is 0 Å². The van der Waals surface area contributed by atoms with Crippen LogP contribution in [0.4, 0.5) is 0 Å². The van der Waals surface area contributed by atoms with Gasteiger partial charge in [0.05, 0.1) is 12.5 Å². The summed E-state index contributed by atoms with van der Waals surface area (Å²) in [6, 6.07) is 2.82. The third-order valence-corrected chi connectivity index (χ3v) is 3.98. The Morgan fingerprint density at radius 1 is 1.58 bits per heavy atom. The molecule has 0 aliphatic heterocycles. The Labute approximate surface area is 113 Å². The van der Waals surface area contributed by atoms with Gasteiger partial charge in [0.25, 0.3) is 0 Å². The van der Waals surface area contributed by atoms with Crippen LogP contribution < -0.4 is 5.32 Å².